The van der Waals surface area contributed by atoms with Gasteiger partial charge in [0.1, 0.15) is 0 Å². The first-order chi connectivity index (χ1) is 7.10. The van der Waals surface area contributed by atoms with Gasteiger partial charge in [0.25, 0.3) is 0 Å². The lowest BCUT2D eigenvalue weighted by Gasteiger charge is -2.11. The van der Waals surface area contributed by atoms with Crippen LogP contribution in [0.1, 0.15) is 25.7 Å². The Balaban J connectivity index is 1.92. The Kier molecular flexibility index (Phi) is 3.27. The van der Waals surface area contributed by atoms with E-state index in [1.54, 1.807) is 0 Å². The number of aliphatic imine (C=N–C) groups is 1. The molecule has 1 fully saturated rings. The molecule has 0 atom stereocenters. The fourth-order valence-corrected chi connectivity index (χ4v) is 3.48. The third-order valence-corrected chi connectivity index (χ3v) is 5.77. The van der Waals surface area contributed by atoms with E-state index in [0.717, 1.165) is 12.8 Å². The van der Waals surface area contributed by atoms with Crippen molar-refractivity contribution < 1.29 is 8.42 Å². The fraction of sp³-hybridized carbons (Fsp3) is 0.667. The maximum absolute atomic E-state index is 11.6. The molecule has 1 aliphatic carbocycles. The summed E-state index contributed by atoms with van der Waals surface area (Å²) in [6.45, 7) is 0.394. The molecular formula is C9H13BrN2O2S. The molecule has 1 N–H and O–H groups in total. The quantitative estimate of drug-likeness (QED) is 0.858. The number of nitrogens with zero attached hydrogens (tertiary/aromatic N) is 1. The molecule has 0 amide bonds. The molecule has 1 heterocycles. The van der Waals surface area contributed by atoms with E-state index in [4.69, 9.17) is 0 Å². The average Bonchev–Trinajstić information content (AvgIpc) is 2.76. The molecule has 0 aromatic rings. The SMILES string of the molecule is O=S1(=O)C(CNC2CCCC2)=CN=C1Br. The molecule has 0 bridgehead atoms. The van der Waals surface area contributed by atoms with Crippen molar-refractivity contribution in [3.8, 4) is 0 Å². The summed E-state index contributed by atoms with van der Waals surface area (Å²) in [6.07, 6.45) is 6.19. The molecule has 1 saturated carbocycles. The lowest BCUT2D eigenvalue weighted by Crippen LogP contribution is -2.29. The fourth-order valence-electron chi connectivity index (χ4n) is 1.89. The summed E-state index contributed by atoms with van der Waals surface area (Å²) in [6, 6.07) is 0.473. The Morgan fingerprint density at radius 1 is 1.47 bits per heavy atom. The molecule has 2 rings (SSSR count). The van der Waals surface area contributed by atoms with E-state index in [2.05, 4.69) is 26.2 Å². The predicted octanol–water partition coefficient (Wildman–Crippen LogP) is 1.54. The van der Waals surface area contributed by atoms with Crippen LogP contribution >= 0.6 is 15.9 Å². The Morgan fingerprint density at radius 3 is 2.67 bits per heavy atom. The summed E-state index contributed by atoms with van der Waals surface area (Å²) in [7, 11) is -3.29. The van der Waals surface area contributed by atoms with Gasteiger partial charge in [-0.05, 0) is 28.8 Å². The van der Waals surface area contributed by atoms with Gasteiger partial charge in [-0.25, -0.2) is 13.4 Å². The topological polar surface area (TPSA) is 58.5 Å². The maximum Gasteiger partial charge on any atom is 0.229 e. The van der Waals surface area contributed by atoms with Crippen molar-refractivity contribution in [2.45, 2.75) is 31.7 Å². The van der Waals surface area contributed by atoms with Crippen molar-refractivity contribution >= 4 is 29.7 Å². The van der Waals surface area contributed by atoms with Crippen LogP contribution in [0.2, 0.25) is 0 Å². The Bertz CT molecular complexity index is 408. The third-order valence-electron chi connectivity index (χ3n) is 2.80. The molecule has 1 aliphatic heterocycles. The highest BCUT2D eigenvalue weighted by Crippen LogP contribution is 2.22. The average molecular weight is 293 g/mol. The molecule has 0 radical (unpaired) electrons. The van der Waals surface area contributed by atoms with Crippen molar-refractivity contribution in [2.24, 2.45) is 4.99 Å². The summed E-state index contributed by atoms with van der Waals surface area (Å²) in [5.74, 6) is 0. The normalized spacial score (nSPS) is 25.4. The second-order valence-corrected chi connectivity index (χ2v) is 7.04. The van der Waals surface area contributed by atoms with Crippen LogP contribution in [0.15, 0.2) is 16.1 Å². The van der Waals surface area contributed by atoms with Crippen molar-refractivity contribution in [3.63, 3.8) is 0 Å². The van der Waals surface area contributed by atoms with Gasteiger partial charge < -0.3 is 5.32 Å². The van der Waals surface area contributed by atoms with Crippen LogP contribution in [0.4, 0.5) is 0 Å². The van der Waals surface area contributed by atoms with Gasteiger partial charge in [0.15, 0.2) is 0 Å². The second-order valence-electron chi connectivity index (χ2n) is 3.84. The number of halogens is 1. The van der Waals surface area contributed by atoms with E-state index in [1.165, 1.54) is 19.0 Å². The molecular weight excluding hydrogens is 280 g/mol. The van der Waals surface area contributed by atoms with Gasteiger partial charge >= 0.3 is 0 Å². The van der Waals surface area contributed by atoms with Crippen LogP contribution in [0.25, 0.3) is 0 Å². The Hall–Kier alpha value is -0.200. The van der Waals surface area contributed by atoms with Gasteiger partial charge in [-0.15, -0.1) is 0 Å². The summed E-state index contributed by atoms with van der Waals surface area (Å²) >= 11 is 2.94. The van der Waals surface area contributed by atoms with Crippen molar-refractivity contribution in [1.29, 1.82) is 0 Å². The van der Waals surface area contributed by atoms with Crippen molar-refractivity contribution in [1.82, 2.24) is 5.32 Å². The van der Waals surface area contributed by atoms with Gasteiger partial charge in [-0.2, -0.15) is 0 Å². The summed E-state index contributed by atoms with van der Waals surface area (Å²) in [5, 5.41) is 3.26. The minimum atomic E-state index is -3.29. The highest BCUT2D eigenvalue weighted by Gasteiger charge is 2.28. The van der Waals surface area contributed by atoms with Crippen LogP contribution in [0.3, 0.4) is 0 Å². The zero-order valence-corrected chi connectivity index (χ0v) is 10.6. The van der Waals surface area contributed by atoms with E-state index in [0.29, 0.717) is 17.5 Å². The second kappa shape index (κ2) is 4.35. The minimum absolute atomic E-state index is 0.0261. The van der Waals surface area contributed by atoms with Crippen molar-refractivity contribution in [2.75, 3.05) is 6.54 Å². The molecule has 6 heteroatoms. The van der Waals surface area contributed by atoms with Crippen LogP contribution in [0, 0.1) is 0 Å². The highest BCUT2D eigenvalue weighted by atomic mass is 79.9. The van der Waals surface area contributed by atoms with Gasteiger partial charge in [-0.3, -0.25) is 0 Å². The van der Waals surface area contributed by atoms with Gasteiger partial charge in [-0.1, -0.05) is 12.8 Å². The van der Waals surface area contributed by atoms with Crippen LogP contribution in [-0.4, -0.2) is 25.0 Å². The van der Waals surface area contributed by atoms with Gasteiger partial charge in [0, 0.05) is 18.8 Å². The monoisotopic (exact) mass is 292 g/mol. The molecule has 15 heavy (non-hydrogen) atoms. The lowest BCUT2D eigenvalue weighted by atomic mass is 10.2. The smallest absolute Gasteiger partial charge is 0.229 e. The molecule has 0 aromatic heterocycles. The Labute approximate surface area is 97.9 Å². The summed E-state index contributed by atoms with van der Waals surface area (Å²) in [5.41, 5.74) is 0. The largest absolute Gasteiger partial charge is 0.309 e. The molecule has 2 aliphatic rings. The first kappa shape index (κ1) is 11.3. The van der Waals surface area contributed by atoms with Crippen molar-refractivity contribution in [3.05, 3.63) is 11.1 Å². The first-order valence-corrected chi connectivity index (χ1v) is 7.29. The predicted molar refractivity (Wildman–Crippen MR) is 63.6 cm³/mol. The first-order valence-electron chi connectivity index (χ1n) is 5.01. The van der Waals surface area contributed by atoms with Crippen LogP contribution < -0.4 is 5.32 Å². The highest BCUT2D eigenvalue weighted by molar-refractivity contribution is 9.21. The summed E-state index contributed by atoms with van der Waals surface area (Å²) < 4.78 is 23.2. The number of hydrogen-bond donors (Lipinski definition) is 1. The van der Waals surface area contributed by atoms with E-state index in [9.17, 15) is 8.42 Å². The Morgan fingerprint density at radius 2 is 2.13 bits per heavy atom. The zero-order chi connectivity index (χ0) is 10.9. The third kappa shape index (κ3) is 2.32. The van der Waals surface area contributed by atoms with Crippen LogP contribution in [-0.2, 0) is 9.84 Å². The van der Waals surface area contributed by atoms with Gasteiger partial charge in [0.05, 0.1) is 4.91 Å². The number of hydrogen-bond acceptors (Lipinski definition) is 4. The number of nitrogens with one attached hydrogen (secondary N) is 1. The standard InChI is InChI=1S/C9H13BrN2O2S/c10-9-12-6-8(15(9,13)14)5-11-7-3-1-2-4-7/h6-7,11H,1-5H2. The van der Waals surface area contributed by atoms with E-state index in [1.807, 2.05) is 0 Å². The van der Waals surface area contributed by atoms with E-state index in [-0.39, 0.29) is 3.95 Å². The molecule has 84 valence electrons. The summed E-state index contributed by atoms with van der Waals surface area (Å²) in [4.78, 5) is 4.12. The van der Waals surface area contributed by atoms with Gasteiger partial charge in [0.2, 0.25) is 13.8 Å². The molecule has 0 spiro atoms. The van der Waals surface area contributed by atoms with E-state index >= 15 is 0 Å². The molecule has 0 saturated heterocycles. The van der Waals surface area contributed by atoms with Crippen LogP contribution in [0.5, 0.6) is 0 Å². The van der Waals surface area contributed by atoms with E-state index < -0.39 is 9.84 Å². The molecule has 0 unspecified atom stereocenters. The lowest BCUT2D eigenvalue weighted by molar-refractivity contribution is 0.550. The zero-order valence-electron chi connectivity index (χ0n) is 8.24. The molecule has 4 nitrogen and oxygen atoms in total. The molecule has 0 aromatic carbocycles. The maximum atomic E-state index is 11.6. The number of sulfone groups is 1. The number of rotatable bonds is 3. The minimum Gasteiger partial charge on any atom is -0.309 e.